The van der Waals surface area contributed by atoms with Gasteiger partial charge in [-0.25, -0.2) is 0 Å². The van der Waals surface area contributed by atoms with Crippen LogP contribution in [0.5, 0.6) is 0 Å². The van der Waals surface area contributed by atoms with Crippen LogP contribution in [0.4, 0.5) is 10.1 Å². The Hall–Kier alpha value is -1.98. The number of benzene rings is 1. The summed E-state index contributed by atoms with van der Waals surface area (Å²) in [5.74, 6) is -1.30. The largest absolute Gasteiger partial charge is 0.339 e. The molecule has 1 rings (SSSR count). The summed E-state index contributed by atoms with van der Waals surface area (Å²) in [6, 6.07) is 3.21. The van der Waals surface area contributed by atoms with Crippen LogP contribution in [0, 0.1) is 15.9 Å². The Labute approximate surface area is 104 Å². The van der Waals surface area contributed by atoms with Gasteiger partial charge in [-0.15, -0.1) is 0 Å². The van der Waals surface area contributed by atoms with Crippen LogP contribution >= 0.6 is 0 Å². The van der Waals surface area contributed by atoms with E-state index in [4.69, 9.17) is 0 Å². The molecular weight excluding hydrogens is 239 g/mol. The van der Waals surface area contributed by atoms with Gasteiger partial charge in [0.2, 0.25) is 5.82 Å². The highest BCUT2D eigenvalue weighted by Gasteiger charge is 2.19. The van der Waals surface area contributed by atoms with Crippen molar-refractivity contribution < 1.29 is 14.1 Å². The molecule has 18 heavy (non-hydrogen) atoms. The van der Waals surface area contributed by atoms with E-state index in [1.807, 2.05) is 13.8 Å². The molecule has 1 amide bonds. The molecule has 1 aromatic rings. The summed E-state index contributed by atoms with van der Waals surface area (Å²) in [6.07, 6.45) is 0.801. The van der Waals surface area contributed by atoms with Gasteiger partial charge in [0, 0.05) is 24.7 Å². The Morgan fingerprint density at radius 2 is 2.11 bits per heavy atom. The summed E-state index contributed by atoms with van der Waals surface area (Å²) in [4.78, 5) is 23.2. The van der Waals surface area contributed by atoms with Crippen molar-refractivity contribution >= 4 is 11.6 Å². The zero-order chi connectivity index (χ0) is 13.7. The molecule has 0 fully saturated rings. The molecule has 0 spiro atoms. The van der Waals surface area contributed by atoms with E-state index in [9.17, 15) is 19.3 Å². The summed E-state index contributed by atoms with van der Waals surface area (Å²) in [6.45, 7) is 4.86. The van der Waals surface area contributed by atoms with Crippen molar-refractivity contribution in [1.29, 1.82) is 0 Å². The zero-order valence-corrected chi connectivity index (χ0v) is 10.4. The van der Waals surface area contributed by atoms with Crippen LogP contribution in [-0.2, 0) is 0 Å². The van der Waals surface area contributed by atoms with Crippen molar-refractivity contribution in [3.8, 4) is 0 Å². The van der Waals surface area contributed by atoms with Gasteiger partial charge in [0.1, 0.15) is 0 Å². The molecule has 0 heterocycles. The first-order chi connectivity index (χ1) is 8.51. The molecule has 0 aromatic heterocycles. The van der Waals surface area contributed by atoms with Gasteiger partial charge in [0.25, 0.3) is 5.91 Å². The second kappa shape index (κ2) is 6.09. The molecule has 0 saturated heterocycles. The van der Waals surface area contributed by atoms with Gasteiger partial charge >= 0.3 is 5.69 Å². The fraction of sp³-hybridized carbons (Fsp3) is 0.417. The first-order valence-corrected chi connectivity index (χ1v) is 5.74. The van der Waals surface area contributed by atoms with Gasteiger partial charge in [-0.05, 0) is 25.5 Å². The maximum atomic E-state index is 13.4. The number of nitro benzene ring substituents is 1. The lowest BCUT2D eigenvalue weighted by molar-refractivity contribution is -0.387. The Kier molecular flexibility index (Phi) is 4.76. The van der Waals surface area contributed by atoms with Gasteiger partial charge in [-0.3, -0.25) is 14.9 Å². The van der Waals surface area contributed by atoms with Gasteiger partial charge < -0.3 is 4.90 Å². The van der Waals surface area contributed by atoms with E-state index in [1.165, 1.54) is 6.07 Å². The molecule has 0 saturated carbocycles. The van der Waals surface area contributed by atoms with Crippen molar-refractivity contribution in [2.24, 2.45) is 0 Å². The van der Waals surface area contributed by atoms with Crippen molar-refractivity contribution in [1.82, 2.24) is 4.90 Å². The molecular formula is C12H15FN2O3. The summed E-state index contributed by atoms with van der Waals surface area (Å²) in [5.41, 5.74) is -0.488. The van der Waals surface area contributed by atoms with E-state index in [0.29, 0.717) is 13.1 Å². The van der Waals surface area contributed by atoms with Gasteiger partial charge in [-0.2, -0.15) is 4.39 Å². The summed E-state index contributed by atoms with van der Waals surface area (Å²) in [7, 11) is 0. The smallest absolute Gasteiger partial charge is 0.304 e. The summed E-state index contributed by atoms with van der Waals surface area (Å²) in [5, 5.41) is 10.5. The summed E-state index contributed by atoms with van der Waals surface area (Å²) < 4.78 is 13.4. The normalized spacial score (nSPS) is 10.2. The number of hydrogen-bond donors (Lipinski definition) is 0. The topological polar surface area (TPSA) is 63.5 Å². The third-order valence-electron chi connectivity index (χ3n) is 2.55. The second-order valence-corrected chi connectivity index (χ2v) is 3.81. The van der Waals surface area contributed by atoms with Crippen LogP contribution in [-0.4, -0.2) is 28.8 Å². The molecule has 0 radical (unpaired) electrons. The van der Waals surface area contributed by atoms with Crippen molar-refractivity contribution in [3.05, 3.63) is 39.7 Å². The molecule has 0 aliphatic carbocycles. The first kappa shape index (κ1) is 14.1. The van der Waals surface area contributed by atoms with E-state index in [1.54, 1.807) is 4.90 Å². The SMILES string of the molecule is CCCN(CC)C(=O)c1ccc([N+](=O)[O-])c(F)c1. The number of rotatable bonds is 5. The average Bonchev–Trinajstić information content (AvgIpc) is 2.34. The third-order valence-corrected chi connectivity index (χ3v) is 2.55. The molecule has 0 aliphatic rings. The Balaban J connectivity index is 3.00. The lowest BCUT2D eigenvalue weighted by Crippen LogP contribution is -2.31. The number of carbonyl (C=O) groups is 1. The highest BCUT2D eigenvalue weighted by molar-refractivity contribution is 5.94. The van der Waals surface area contributed by atoms with Crippen molar-refractivity contribution in [2.75, 3.05) is 13.1 Å². The molecule has 0 bridgehead atoms. The molecule has 0 N–H and O–H groups in total. The number of amides is 1. The minimum absolute atomic E-state index is 0.133. The Morgan fingerprint density at radius 3 is 2.56 bits per heavy atom. The van der Waals surface area contributed by atoms with Gasteiger partial charge in [0.05, 0.1) is 4.92 Å². The summed E-state index contributed by atoms with van der Waals surface area (Å²) >= 11 is 0. The number of nitrogens with zero attached hydrogens (tertiary/aromatic N) is 2. The lowest BCUT2D eigenvalue weighted by atomic mass is 10.1. The number of carbonyl (C=O) groups excluding carboxylic acids is 1. The molecule has 6 heteroatoms. The zero-order valence-electron chi connectivity index (χ0n) is 10.4. The minimum Gasteiger partial charge on any atom is -0.339 e. The highest BCUT2D eigenvalue weighted by atomic mass is 19.1. The fourth-order valence-electron chi connectivity index (χ4n) is 1.64. The molecule has 98 valence electrons. The van der Waals surface area contributed by atoms with E-state index < -0.39 is 16.4 Å². The lowest BCUT2D eigenvalue weighted by Gasteiger charge is -2.19. The quantitative estimate of drug-likeness (QED) is 0.599. The van der Waals surface area contributed by atoms with Crippen LogP contribution in [0.15, 0.2) is 18.2 Å². The van der Waals surface area contributed by atoms with Crippen LogP contribution < -0.4 is 0 Å². The number of halogens is 1. The standard InChI is InChI=1S/C12H15FN2O3/c1-3-7-14(4-2)12(16)9-5-6-11(15(17)18)10(13)8-9/h5-6,8H,3-4,7H2,1-2H3. The van der Waals surface area contributed by atoms with Crippen LogP contribution in [0.1, 0.15) is 30.6 Å². The predicted octanol–water partition coefficient (Wildman–Crippen LogP) is 2.61. The highest BCUT2D eigenvalue weighted by Crippen LogP contribution is 2.19. The van der Waals surface area contributed by atoms with Crippen LogP contribution in [0.25, 0.3) is 0 Å². The monoisotopic (exact) mass is 254 g/mol. The molecule has 1 aromatic carbocycles. The van der Waals surface area contributed by atoms with Gasteiger partial charge in [-0.1, -0.05) is 6.92 Å². The molecule has 0 aliphatic heterocycles. The number of nitro groups is 1. The maximum absolute atomic E-state index is 13.4. The third kappa shape index (κ3) is 3.03. The Morgan fingerprint density at radius 1 is 1.44 bits per heavy atom. The maximum Gasteiger partial charge on any atom is 0.304 e. The number of hydrogen-bond acceptors (Lipinski definition) is 3. The second-order valence-electron chi connectivity index (χ2n) is 3.81. The van der Waals surface area contributed by atoms with E-state index >= 15 is 0 Å². The van der Waals surface area contributed by atoms with Crippen LogP contribution in [0.2, 0.25) is 0 Å². The first-order valence-electron chi connectivity index (χ1n) is 5.74. The van der Waals surface area contributed by atoms with E-state index in [2.05, 4.69) is 0 Å². The van der Waals surface area contributed by atoms with Crippen molar-refractivity contribution in [2.45, 2.75) is 20.3 Å². The molecule has 5 nitrogen and oxygen atoms in total. The molecule has 0 unspecified atom stereocenters. The fourth-order valence-corrected chi connectivity index (χ4v) is 1.64. The van der Waals surface area contributed by atoms with Crippen LogP contribution in [0.3, 0.4) is 0 Å². The predicted molar refractivity (Wildman–Crippen MR) is 64.9 cm³/mol. The van der Waals surface area contributed by atoms with Crippen molar-refractivity contribution in [3.63, 3.8) is 0 Å². The Bertz CT molecular complexity index is 463. The van der Waals surface area contributed by atoms with E-state index in [-0.39, 0.29) is 11.5 Å². The minimum atomic E-state index is -0.988. The van der Waals surface area contributed by atoms with E-state index in [0.717, 1.165) is 18.6 Å². The molecule has 0 atom stereocenters. The van der Waals surface area contributed by atoms with Gasteiger partial charge in [0.15, 0.2) is 0 Å². The average molecular weight is 254 g/mol.